The molecule has 5 heteroatoms. The summed E-state index contributed by atoms with van der Waals surface area (Å²) in [5, 5.41) is 0. The fraction of sp³-hybridized carbons (Fsp3) is 0.364. The predicted molar refractivity (Wildman–Crippen MR) is 61.2 cm³/mol. The maximum absolute atomic E-state index is 12.7. The van der Waals surface area contributed by atoms with Gasteiger partial charge < -0.3 is 4.90 Å². The van der Waals surface area contributed by atoms with E-state index in [0.29, 0.717) is 13.0 Å². The van der Waals surface area contributed by atoms with Crippen LogP contribution >= 0.6 is 0 Å². The van der Waals surface area contributed by atoms with Gasteiger partial charge in [-0.25, -0.2) is 10.2 Å². The van der Waals surface area contributed by atoms with Gasteiger partial charge in [0, 0.05) is 25.2 Å². The smallest absolute Gasteiger partial charge is 0.235 e. The van der Waals surface area contributed by atoms with Gasteiger partial charge in [0.25, 0.3) is 0 Å². The van der Waals surface area contributed by atoms with Crippen LogP contribution in [-0.2, 0) is 4.79 Å². The molecule has 0 saturated heterocycles. The third-order valence-corrected chi connectivity index (χ3v) is 2.34. The van der Waals surface area contributed by atoms with Crippen molar-refractivity contribution in [1.82, 2.24) is 5.43 Å². The van der Waals surface area contributed by atoms with Crippen LogP contribution < -0.4 is 16.2 Å². The molecule has 1 aromatic rings. The number of hydrogen-bond donors (Lipinski definition) is 2. The maximum Gasteiger partial charge on any atom is 0.235 e. The highest BCUT2D eigenvalue weighted by molar-refractivity contribution is 5.75. The second-order valence-corrected chi connectivity index (χ2v) is 3.37. The Balaban J connectivity index is 2.60. The molecule has 0 bridgehead atoms. The van der Waals surface area contributed by atoms with Crippen molar-refractivity contribution in [2.75, 3.05) is 18.0 Å². The van der Waals surface area contributed by atoms with Gasteiger partial charge in [-0.3, -0.25) is 10.2 Å². The highest BCUT2D eigenvalue weighted by Crippen LogP contribution is 2.14. The van der Waals surface area contributed by atoms with E-state index >= 15 is 0 Å². The monoisotopic (exact) mass is 225 g/mol. The molecule has 0 aromatic heterocycles. The second kappa shape index (κ2) is 6.07. The molecule has 1 rings (SSSR count). The quantitative estimate of drug-likeness (QED) is 0.447. The number of amides is 1. The van der Waals surface area contributed by atoms with Gasteiger partial charge in [0.15, 0.2) is 0 Å². The van der Waals surface area contributed by atoms with Gasteiger partial charge in [-0.1, -0.05) is 0 Å². The summed E-state index contributed by atoms with van der Waals surface area (Å²) in [5.41, 5.74) is 2.98. The van der Waals surface area contributed by atoms with Gasteiger partial charge >= 0.3 is 0 Å². The molecule has 0 atom stereocenters. The van der Waals surface area contributed by atoms with Crippen molar-refractivity contribution in [1.29, 1.82) is 0 Å². The first-order chi connectivity index (χ1) is 7.67. The molecule has 0 aliphatic heterocycles. The van der Waals surface area contributed by atoms with Crippen LogP contribution in [0.15, 0.2) is 24.3 Å². The van der Waals surface area contributed by atoms with Crippen molar-refractivity contribution < 1.29 is 9.18 Å². The molecule has 88 valence electrons. The molecule has 0 unspecified atom stereocenters. The highest BCUT2D eigenvalue weighted by atomic mass is 19.1. The maximum atomic E-state index is 12.7. The number of nitrogens with two attached hydrogens (primary N) is 1. The SMILES string of the molecule is CCN(CCC(=O)NN)c1ccc(F)cc1. The van der Waals surface area contributed by atoms with E-state index in [1.54, 1.807) is 12.1 Å². The number of hydrogen-bond acceptors (Lipinski definition) is 3. The topological polar surface area (TPSA) is 58.4 Å². The standard InChI is InChI=1S/C11H16FN3O/c1-2-15(8-7-11(16)14-13)10-5-3-9(12)4-6-10/h3-6H,2,7-8,13H2,1H3,(H,14,16). The molecule has 0 aliphatic rings. The zero-order valence-corrected chi connectivity index (χ0v) is 9.24. The summed E-state index contributed by atoms with van der Waals surface area (Å²) in [4.78, 5) is 13.0. The fourth-order valence-electron chi connectivity index (χ4n) is 1.43. The fourth-order valence-corrected chi connectivity index (χ4v) is 1.43. The first kappa shape index (κ1) is 12.4. The lowest BCUT2D eigenvalue weighted by molar-refractivity contribution is -0.120. The highest BCUT2D eigenvalue weighted by Gasteiger charge is 2.06. The average molecular weight is 225 g/mol. The van der Waals surface area contributed by atoms with Crippen LogP contribution in [0.2, 0.25) is 0 Å². The number of benzene rings is 1. The summed E-state index contributed by atoms with van der Waals surface area (Å²) in [6.07, 6.45) is 0.321. The van der Waals surface area contributed by atoms with Crippen molar-refractivity contribution in [2.24, 2.45) is 5.84 Å². The number of rotatable bonds is 5. The summed E-state index contributed by atoms with van der Waals surface area (Å²) in [6.45, 7) is 3.29. The second-order valence-electron chi connectivity index (χ2n) is 3.37. The van der Waals surface area contributed by atoms with E-state index in [1.165, 1.54) is 12.1 Å². The Bertz CT molecular complexity index is 340. The van der Waals surface area contributed by atoms with Gasteiger partial charge in [0.1, 0.15) is 5.82 Å². The molecule has 0 saturated carbocycles. The summed E-state index contributed by atoms with van der Waals surface area (Å²) >= 11 is 0. The van der Waals surface area contributed by atoms with Crippen molar-refractivity contribution in [3.05, 3.63) is 30.1 Å². The molecular weight excluding hydrogens is 209 g/mol. The van der Waals surface area contributed by atoms with Gasteiger partial charge in [-0.05, 0) is 31.2 Å². The van der Waals surface area contributed by atoms with Gasteiger partial charge in [-0.2, -0.15) is 0 Å². The summed E-state index contributed by atoms with van der Waals surface area (Å²) in [5.74, 6) is 4.52. The van der Waals surface area contributed by atoms with Crippen LogP contribution in [0.1, 0.15) is 13.3 Å². The van der Waals surface area contributed by atoms with Crippen LogP contribution in [0.5, 0.6) is 0 Å². The Hall–Kier alpha value is -1.62. The summed E-state index contributed by atoms with van der Waals surface area (Å²) in [6, 6.07) is 6.19. The first-order valence-corrected chi connectivity index (χ1v) is 5.17. The Labute approximate surface area is 94.2 Å². The third-order valence-electron chi connectivity index (χ3n) is 2.34. The van der Waals surface area contributed by atoms with E-state index < -0.39 is 0 Å². The molecule has 4 nitrogen and oxygen atoms in total. The van der Waals surface area contributed by atoms with Crippen LogP contribution in [0.25, 0.3) is 0 Å². The number of carbonyl (C=O) groups is 1. The molecule has 1 aromatic carbocycles. The van der Waals surface area contributed by atoms with Crippen molar-refractivity contribution in [3.8, 4) is 0 Å². The number of hydrazine groups is 1. The van der Waals surface area contributed by atoms with E-state index in [1.807, 2.05) is 11.8 Å². The molecule has 1 amide bonds. The number of halogens is 1. The number of anilines is 1. The Morgan fingerprint density at radius 1 is 1.44 bits per heavy atom. The van der Waals surface area contributed by atoms with Crippen molar-refractivity contribution in [3.63, 3.8) is 0 Å². The van der Waals surface area contributed by atoms with Gasteiger partial charge in [0.2, 0.25) is 5.91 Å². The zero-order chi connectivity index (χ0) is 12.0. The molecular formula is C11H16FN3O. The van der Waals surface area contributed by atoms with E-state index in [0.717, 1.165) is 12.2 Å². The van der Waals surface area contributed by atoms with E-state index in [-0.39, 0.29) is 11.7 Å². The molecule has 0 radical (unpaired) electrons. The van der Waals surface area contributed by atoms with Crippen LogP contribution in [0.4, 0.5) is 10.1 Å². The minimum Gasteiger partial charge on any atom is -0.371 e. The molecule has 0 spiro atoms. The van der Waals surface area contributed by atoms with Gasteiger partial charge in [-0.15, -0.1) is 0 Å². The van der Waals surface area contributed by atoms with Crippen LogP contribution in [0.3, 0.4) is 0 Å². The van der Waals surface area contributed by atoms with Crippen LogP contribution in [0, 0.1) is 5.82 Å². The first-order valence-electron chi connectivity index (χ1n) is 5.17. The Kier molecular flexibility index (Phi) is 4.72. The Morgan fingerprint density at radius 3 is 2.56 bits per heavy atom. The van der Waals surface area contributed by atoms with Gasteiger partial charge in [0.05, 0.1) is 0 Å². The summed E-state index contributed by atoms with van der Waals surface area (Å²) in [7, 11) is 0. The Morgan fingerprint density at radius 2 is 2.06 bits per heavy atom. The molecule has 0 fully saturated rings. The number of nitrogens with zero attached hydrogens (tertiary/aromatic N) is 1. The normalized spacial score (nSPS) is 9.94. The average Bonchev–Trinajstić information content (AvgIpc) is 2.31. The van der Waals surface area contributed by atoms with Crippen LogP contribution in [-0.4, -0.2) is 19.0 Å². The van der Waals surface area contributed by atoms with E-state index in [4.69, 9.17) is 5.84 Å². The molecule has 0 aliphatic carbocycles. The minimum absolute atomic E-state index is 0.208. The lowest BCUT2D eigenvalue weighted by Crippen LogP contribution is -2.34. The van der Waals surface area contributed by atoms with Crippen molar-refractivity contribution in [2.45, 2.75) is 13.3 Å². The van der Waals surface area contributed by atoms with E-state index in [2.05, 4.69) is 5.43 Å². The van der Waals surface area contributed by atoms with E-state index in [9.17, 15) is 9.18 Å². The lowest BCUT2D eigenvalue weighted by Gasteiger charge is -2.22. The predicted octanol–water partition coefficient (Wildman–Crippen LogP) is 1.03. The summed E-state index contributed by atoms with van der Waals surface area (Å²) < 4.78 is 12.7. The largest absolute Gasteiger partial charge is 0.371 e. The molecule has 3 N–H and O–H groups in total. The lowest BCUT2D eigenvalue weighted by atomic mass is 10.2. The molecule has 16 heavy (non-hydrogen) atoms. The zero-order valence-electron chi connectivity index (χ0n) is 9.24. The molecule has 0 heterocycles. The third kappa shape index (κ3) is 3.51. The number of carbonyl (C=O) groups excluding carboxylic acids is 1. The number of nitrogens with one attached hydrogen (secondary N) is 1. The minimum atomic E-state index is -0.264. The van der Waals surface area contributed by atoms with Crippen molar-refractivity contribution >= 4 is 11.6 Å².